The maximum atomic E-state index is 5.31. The SMILES string of the molecule is COc1nn(Cc2ccccc2)c2ccccc12. The summed E-state index contributed by atoms with van der Waals surface area (Å²) in [4.78, 5) is 0. The van der Waals surface area contributed by atoms with Gasteiger partial charge < -0.3 is 4.74 Å². The van der Waals surface area contributed by atoms with Crippen LogP contribution in [0.4, 0.5) is 0 Å². The molecule has 18 heavy (non-hydrogen) atoms. The van der Waals surface area contributed by atoms with Crippen molar-refractivity contribution in [2.24, 2.45) is 0 Å². The average Bonchev–Trinajstić information content (AvgIpc) is 2.78. The summed E-state index contributed by atoms with van der Waals surface area (Å²) in [6, 6.07) is 18.4. The Morgan fingerprint density at radius 1 is 1.00 bits per heavy atom. The number of nitrogens with zero attached hydrogens (tertiary/aromatic N) is 2. The molecule has 0 spiro atoms. The molecule has 0 radical (unpaired) electrons. The number of hydrogen-bond acceptors (Lipinski definition) is 2. The second-order valence-electron chi connectivity index (χ2n) is 4.17. The van der Waals surface area contributed by atoms with Crippen LogP contribution in [0.15, 0.2) is 54.6 Å². The molecular weight excluding hydrogens is 224 g/mol. The molecule has 0 fully saturated rings. The summed E-state index contributed by atoms with van der Waals surface area (Å²) in [6.07, 6.45) is 0. The number of fused-ring (bicyclic) bond motifs is 1. The predicted molar refractivity (Wildman–Crippen MR) is 71.8 cm³/mol. The monoisotopic (exact) mass is 238 g/mol. The molecule has 0 amide bonds. The molecule has 0 bridgehead atoms. The third kappa shape index (κ3) is 1.84. The Balaban J connectivity index is 2.07. The van der Waals surface area contributed by atoms with Crippen LogP contribution in [-0.4, -0.2) is 16.9 Å². The Bertz CT molecular complexity index is 659. The van der Waals surface area contributed by atoms with E-state index in [2.05, 4.69) is 23.3 Å². The Hall–Kier alpha value is -2.29. The molecule has 0 aliphatic carbocycles. The van der Waals surface area contributed by atoms with Gasteiger partial charge in [0.25, 0.3) is 0 Å². The van der Waals surface area contributed by atoms with Crippen molar-refractivity contribution in [1.82, 2.24) is 9.78 Å². The summed E-state index contributed by atoms with van der Waals surface area (Å²) in [6.45, 7) is 0.755. The molecule has 0 aliphatic rings. The van der Waals surface area contributed by atoms with Crippen LogP contribution in [0.2, 0.25) is 0 Å². The lowest BCUT2D eigenvalue weighted by Gasteiger charge is -2.02. The van der Waals surface area contributed by atoms with E-state index in [-0.39, 0.29) is 0 Å². The molecule has 3 nitrogen and oxygen atoms in total. The Morgan fingerprint density at radius 2 is 1.72 bits per heavy atom. The number of ether oxygens (including phenoxy) is 1. The average molecular weight is 238 g/mol. The van der Waals surface area contributed by atoms with Crippen LogP contribution in [0.3, 0.4) is 0 Å². The second-order valence-corrected chi connectivity index (χ2v) is 4.17. The zero-order chi connectivity index (χ0) is 12.4. The van der Waals surface area contributed by atoms with Crippen LogP contribution in [0.5, 0.6) is 5.88 Å². The first-order valence-corrected chi connectivity index (χ1v) is 5.92. The van der Waals surface area contributed by atoms with Gasteiger partial charge in [0.15, 0.2) is 0 Å². The standard InChI is InChI=1S/C15H14N2O/c1-18-15-13-9-5-6-10-14(13)17(16-15)11-12-7-3-2-4-8-12/h2-10H,11H2,1H3. The van der Waals surface area contributed by atoms with Gasteiger partial charge >= 0.3 is 0 Å². The van der Waals surface area contributed by atoms with Crippen LogP contribution in [-0.2, 0) is 6.54 Å². The minimum Gasteiger partial charge on any atom is -0.479 e. The lowest BCUT2D eigenvalue weighted by molar-refractivity contribution is 0.394. The van der Waals surface area contributed by atoms with E-state index in [0.29, 0.717) is 5.88 Å². The van der Waals surface area contributed by atoms with Crippen molar-refractivity contribution in [3.63, 3.8) is 0 Å². The molecule has 0 N–H and O–H groups in total. The van der Waals surface area contributed by atoms with E-state index in [1.807, 2.05) is 41.1 Å². The third-order valence-corrected chi connectivity index (χ3v) is 2.99. The molecule has 90 valence electrons. The fourth-order valence-corrected chi connectivity index (χ4v) is 2.12. The predicted octanol–water partition coefficient (Wildman–Crippen LogP) is 3.09. The zero-order valence-electron chi connectivity index (χ0n) is 10.2. The summed E-state index contributed by atoms with van der Waals surface area (Å²) < 4.78 is 7.29. The highest BCUT2D eigenvalue weighted by molar-refractivity contribution is 5.84. The van der Waals surface area contributed by atoms with Gasteiger partial charge in [0.05, 0.1) is 24.6 Å². The normalized spacial score (nSPS) is 10.7. The van der Waals surface area contributed by atoms with Gasteiger partial charge in [0.1, 0.15) is 0 Å². The van der Waals surface area contributed by atoms with Gasteiger partial charge in [0, 0.05) is 0 Å². The molecule has 3 rings (SSSR count). The van der Waals surface area contributed by atoms with Crippen molar-refractivity contribution in [3.05, 3.63) is 60.2 Å². The van der Waals surface area contributed by atoms with E-state index in [4.69, 9.17) is 4.74 Å². The molecule has 3 heteroatoms. The number of benzene rings is 2. The number of hydrogen-bond donors (Lipinski definition) is 0. The van der Waals surface area contributed by atoms with Crippen molar-refractivity contribution in [3.8, 4) is 5.88 Å². The van der Waals surface area contributed by atoms with Gasteiger partial charge in [-0.05, 0) is 17.7 Å². The summed E-state index contributed by atoms with van der Waals surface area (Å²) in [5.74, 6) is 0.682. The summed E-state index contributed by atoms with van der Waals surface area (Å²) >= 11 is 0. The minimum atomic E-state index is 0.682. The van der Waals surface area contributed by atoms with E-state index < -0.39 is 0 Å². The summed E-state index contributed by atoms with van der Waals surface area (Å²) in [5, 5.41) is 5.55. The number of para-hydroxylation sites is 1. The van der Waals surface area contributed by atoms with Crippen LogP contribution in [0.1, 0.15) is 5.56 Å². The fourth-order valence-electron chi connectivity index (χ4n) is 2.12. The van der Waals surface area contributed by atoms with Crippen LogP contribution >= 0.6 is 0 Å². The smallest absolute Gasteiger partial charge is 0.240 e. The summed E-state index contributed by atoms with van der Waals surface area (Å²) in [5.41, 5.74) is 2.33. The van der Waals surface area contributed by atoms with Crippen LogP contribution in [0, 0.1) is 0 Å². The number of methoxy groups -OCH3 is 1. The molecule has 0 aliphatic heterocycles. The molecular formula is C15H14N2O. The van der Waals surface area contributed by atoms with Crippen LogP contribution < -0.4 is 4.74 Å². The van der Waals surface area contributed by atoms with Gasteiger partial charge in [0.2, 0.25) is 5.88 Å². The first kappa shape index (κ1) is 10.8. The minimum absolute atomic E-state index is 0.682. The van der Waals surface area contributed by atoms with E-state index in [9.17, 15) is 0 Å². The van der Waals surface area contributed by atoms with E-state index in [1.54, 1.807) is 7.11 Å². The first-order valence-electron chi connectivity index (χ1n) is 5.92. The van der Waals surface area contributed by atoms with Crippen LogP contribution in [0.25, 0.3) is 10.9 Å². The Morgan fingerprint density at radius 3 is 2.50 bits per heavy atom. The fraction of sp³-hybridized carbons (Fsp3) is 0.133. The Kier molecular flexibility index (Phi) is 2.73. The second kappa shape index (κ2) is 4.53. The molecule has 3 aromatic rings. The van der Waals surface area contributed by atoms with Gasteiger partial charge in [-0.15, -0.1) is 5.10 Å². The van der Waals surface area contributed by atoms with Crippen molar-refractivity contribution in [2.75, 3.05) is 7.11 Å². The zero-order valence-corrected chi connectivity index (χ0v) is 10.2. The molecule has 0 saturated heterocycles. The van der Waals surface area contributed by atoms with Crippen molar-refractivity contribution in [1.29, 1.82) is 0 Å². The molecule has 1 aromatic heterocycles. The topological polar surface area (TPSA) is 27.1 Å². The van der Waals surface area contributed by atoms with E-state index >= 15 is 0 Å². The third-order valence-electron chi connectivity index (χ3n) is 2.99. The van der Waals surface area contributed by atoms with Gasteiger partial charge in [-0.1, -0.05) is 42.5 Å². The first-order chi connectivity index (χ1) is 8.88. The highest BCUT2D eigenvalue weighted by Crippen LogP contribution is 2.24. The summed E-state index contributed by atoms with van der Waals surface area (Å²) in [7, 11) is 1.65. The molecule has 0 atom stereocenters. The van der Waals surface area contributed by atoms with Gasteiger partial charge in [-0.2, -0.15) is 0 Å². The van der Waals surface area contributed by atoms with E-state index in [0.717, 1.165) is 17.4 Å². The molecule has 0 unspecified atom stereocenters. The number of aromatic nitrogens is 2. The van der Waals surface area contributed by atoms with E-state index in [1.165, 1.54) is 5.56 Å². The largest absolute Gasteiger partial charge is 0.479 e. The highest BCUT2D eigenvalue weighted by Gasteiger charge is 2.09. The molecule has 0 saturated carbocycles. The number of rotatable bonds is 3. The quantitative estimate of drug-likeness (QED) is 0.701. The lowest BCUT2D eigenvalue weighted by Crippen LogP contribution is -2.01. The lowest BCUT2D eigenvalue weighted by atomic mass is 10.2. The maximum Gasteiger partial charge on any atom is 0.240 e. The van der Waals surface area contributed by atoms with Gasteiger partial charge in [-0.25, -0.2) is 0 Å². The van der Waals surface area contributed by atoms with Gasteiger partial charge in [-0.3, -0.25) is 4.68 Å². The molecule has 2 aromatic carbocycles. The Labute approximate surface area is 106 Å². The maximum absolute atomic E-state index is 5.31. The molecule has 1 heterocycles. The van der Waals surface area contributed by atoms with Crippen molar-refractivity contribution >= 4 is 10.9 Å². The highest BCUT2D eigenvalue weighted by atomic mass is 16.5. The van der Waals surface area contributed by atoms with Crippen molar-refractivity contribution < 1.29 is 4.74 Å². The van der Waals surface area contributed by atoms with Crippen molar-refractivity contribution in [2.45, 2.75) is 6.54 Å².